The molecule has 1 aliphatic rings. The summed E-state index contributed by atoms with van der Waals surface area (Å²) >= 11 is 0. The summed E-state index contributed by atoms with van der Waals surface area (Å²) in [7, 11) is 0. The van der Waals surface area contributed by atoms with Crippen LogP contribution in [0.15, 0.2) is 36.4 Å². The van der Waals surface area contributed by atoms with Gasteiger partial charge in [-0.2, -0.15) is 0 Å². The fourth-order valence-corrected chi connectivity index (χ4v) is 2.68. The van der Waals surface area contributed by atoms with Gasteiger partial charge in [-0.1, -0.05) is 0 Å². The van der Waals surface area contributed by atoms with Crippen LogP contribution in [0.25, 0.3) is 0 Å². The van der Waals surface area contributed by atoms with E-state index in [-0.39, 0.29) is 19.0 Å². The zero-order valence-electron chi connectivity index (χ0n) is 12.6. The molecule has 0 radical (unpaired) electrons. The molecule has 3 rings (SSSR count). The van der Waals surface area contributed by atoms with E-state index in [4.69, 9.17) is 10.5 Å². The van der Waals surface area contributed by atoms with Crippen LogP contribution in [0.1, 0.15) is 18.1 Å². The minimum absolute atomic E-state index is 0.0927. The van der Waals surface area contributed by atoms with Crippen LogP contribution >= 0.6 is 0 Å². The number of carbonyl (C=O) groups is 1. The van der Waals surface area contributed by atoms with Crippen molar-refractivity contribution in [2.75, 3.05) is 5.73 Å². The molecule has 0 aromatic heterocycles. The number of nitrogens with zero attached hydrogens (tertiary/aromatic N) is 1. The summed E-state index contributed by atoms with van der Waals surface area (Å²) in [5, 5.41) is 0. The van der Waals surface area contributed by atoms with Crippen molar-refractivity contribution in [3.63, 3.8) is 0 Å². The summed E-state index contributed by atoms with van der Waals surface area (Å²) in [6, 6.07) is 8.39. The van der Waals surface area contributed by atoms with Crippen molar-refractivity contribution in [1.29, 1.82) is 0 Å². The van der Waals surface area contributed by atoms with Crippen molar-refractivity contribution < 1.29 is 18.3 Å². The van der Waals surface area contributed by atoms with Crippen molar-refractivity contribution in [1.82, 2.24) is 4.90 Å². The molecule has 1 aliphatic heterocycles. The Kier molecular flexibility index (Phi) is 3.90. The SMILES string of the molecule is CC1Oc2ccc(N)cc2CN(Cc2cc(F)cc(F)c2)C1=O. The van der Waals surface area contributed by atoms with Gasteiger partial charge in [-0.3, -0.25) is 4.79 Å². The van der Waals surface area contributed by atoms with Crippen LogP contribution in [-0.4, -0.2) is 16.9 Å². The van der Waals surface area contributed by atoms with Gasteiger partial charge in [0.25, 0.3) is 5.91 Å². The van der Waals surface area contributed by atoms with Crippen molar-refractivity contribution in [2.24, 2.45) is 0 Å². The van der Waals surface area contributed by atoms with Crippen molar-refractivity contribution in [3.05, 3.63) is 59.2 Å². The maximum absolute atomic E-state index is 13.3. The Balaban J connectivity index is 1.92. The highest BCUT2D eigenvalue weighted by Crippen LogP contribution is 2.28. The van der Waals surface area contributed by atoms with E-state index in [1.165, 1.54) is 17.0 Å². The first-order valence-corrected chi connectivity index (χ1v) is 7.21. The molecule has 0 fully saturated rings. The van der Waals surface area contributed by atoms with E-state index in [2.05, 4.69) is 0 Å². The molecule has 6 heteroatoms. The second-order valence-electron chi connectivity index (χ2n) is 5.60. The highest BCUT2D eigenvalue weighted by molar-refractivity contribution is 5.81. The smallest absolute Gasteiger partial charge is 0.263 e. The van der Waals surface area contributed by atoms with Crippen LogP contribution in [0.4, 0.5) is 14.5 Å². The molecule has 2 N–H and O–H groups in total. The van der Waals surface area contributed by atoms with Crippen LogP contribution < -0.4 is 10.5 Å². The first kappa shape index (κ1) is 15.3. The number of nitrogens with two attached hydrogens (primary N) is 1. The first-order chi connectivity index (χ1) is 10.9. The Hall–Kier alpha value is -2.63. The number of fused-ring (bicyclic) bond motifs is 1. The number of benzene rings is 2. The molecule has 0 bridgehead atoms. The van der Waals surface area contributed by atoms with Gasteiger partial charge in [0.15, 0.2) is 6.10 Å². The molecule has 23 heavy (non-hydrogen) atoms. The summed E-state index contributed by atoms with van der Waals surface area (Å²) < 4.78 is 32.3. The van der Waals surface area contributed by atoms with E-state index in [9.17, 15) is 13.6 Å². The van der Waals surface area contributed by atoms with Gasteiger partial charge in [0, 0.05) is 30.4 Å². The van der Waals surface area contributed by atoms with E-state index in [0.717, 1.165) is 11.6 Å². The third-order valence-corrected chi connectivity index (χ3v) is 3.70. The lowest BCUT2D eigenvalue weighted by Gasteiger charge is -2.22. The average molecular weight is 318 g/mol. The highest BCUT2D eigenvalue weighted by Gasteiger charge is 2.28. The Morgan fingerprint density at radius 3 is 2.61 bits per heavy atom. The van der Waals surface area contributed by atoms with E-state index in [1.54, 1.807) is 25.1 Å². The van der Waals surface area contributed by atoms with Gasteiger partial charge in [-0.15, -0.1) is 0 Å². The van der Waals surface area contributed by atoms with Gasteiger partial charge >= 0.3 is 0 Å². The lowest BCUT2D eigenvalue weighted by molar-refractivity contribution is -0.138. The lowest BCUT2D eigenvalue weighted by atomic mass is 10.1. The number of rotatable bonds is 2. The third kappa shape index (κ3) is 3.26. The number of nitrogen functional groups attached to an aromatic ring is 1. The predicted octanol–water partition coefficient (Wildman–Crippen LogP) is 2.86. The third-order valence-electron chi connectivity index (χ3n) is 3.70. The fourth-order valence-electron chi connectivity index (χ4n) is 2.68. The normalized spacial score (nSPS) is 17.4. The second kappa shape index (κ2) is 5.87. The molecule has 2 aromatic rings. The van der Waals surface area contributed by atoms with Gasteiger partial charge in [-0.25, -0.2) is 8.78 Å². The summed E-state index contributed by atoms with van der Waals surface area (Å²) in [6.07, 6.45) is -0.682. The molecule has 1 unspecified atom stereocenters. The fraction of sp³-hybridized carbons (Fsp3) is 0.235. The molecule has 120 valence electrons. The molecule has 0 saturated heterocycles. The van der Waals surface area contributed by atoms with Gasteiger partial charge < -0.3 is 15.4 Å². The predicted molar refractivity (Wildman–Crippen MR) is 81.6 cm³/mol. The number of anilines is 1. The summed E-state index contributed by atoms with van der Waals surface area (Å²) in [5.41, 5.74) is 7.49. The van der Waals surface area contributed by atoms with E-state index in [0.29, 0.717) is 17.0 Å². The molecule has 0 aliphatic carbocycles. The molecule has 1 heterocycles. The Bertz CT molecular complexity index is 744. The summed E-state index contributed by atoms with van der Waals surface area (Å²) in [5.74, 6) is -0.996. The highest BCUT2D eigenvalue weighted by atomic mass is 19.1. The molecule has 1 atom stereocenters. The number of carbonyl (C=O) groups excluding carboxylic acids is 1. The lowest BCUT2D eigenvalue weighted by Crippen LogP contribution is -2.37. The summed E-state index contributed by atoms with van der Waals surface area (Å²) in [4.78, 5) is 14.0. The quantitative estimate of drug-likeness (QED) is 0.866. The topological polar surface area (TPSA) is 55.6 Å². The van der Waals surface area contributed by atoms with E-state index in [1.807, 2.05) is 0 Å². The Morgan fingerprint density at radius 2 is 1.91 bits per heavy atom. The van der Waals surface area contributed by atoms with Crippen molar-refractivity contribution in [3.8, 4) is 5.75 Å². The summed E-state index contributed by atoms with van der Waals surface area (Å²) in [6.45, 7) is 2.00. The van der Waals surface area contributed by atoms with E-state index < -0.39 is 17.7 Å². The van der Waals surface area contributed by atoms with Gasteiger partial charge in [0.1, 0.15) is 17.4 Å². The van der Waals surface area contributed by atoms with Gasteiger partial charge in [0.2, 0.25) is 0 Å². The molecule has 1 amide bonds. The van der Waals surface area contributed by atoms with Crippen LogP contribution in [-0.2, 0) is 17.9 Å². The monoisotopic (exact) mass is 318 g/mol. The van der Waals surface area contributed by atoms with Crippen LogP contribution in [0.3, 0.4) is 0 Å². The maximum atomic E-state index is 13.3. The number of halogens is 2. The first-order valence-electron chi connectivity index (χ1n) is 7.21. The average Bonchev–Trinajstić information content (AvgIpc) is 2.57. The largest absolute Gasteiger partial charge is 0.481 e. The molecule has 0 saturated carbocycles. The van der Waals surface area contributed by atoms with E-state index >= 15 is 0 Å². The minimum atomic E-state index is -0.682. The Morgan fingerprint density at radius 1 is 1.22 bits per heavy atom. The van der Waals surface area contributed by atoms with Crippen LogP contribution in [0.5, 0.6) is 5.75 Å². The minimum Gasteiger partial charge on any atom is -0.481 e. The molecular weight excluding hydrogens is 302 g/mol. The second-order valence-corrected chi connectivity index (χ2v) is 5.60. The molecule has 4 nitrogen and oxygen atoms in total. The Labute approximate surface area is 132 Å². The maximum Gasteiger partial charge on any atom is 0.263 e. The zero-order valence-corrected chi connectivity index (χ0v) is 12.6. The van der Waals surface area contributed by atoms with Crippen molar-refractivity contribution in [2.45, 2.75) is 26.1 Å². The van der Waals surface area contributed by atoms with Crippen molar-refractivity contribution >= 4 is 11.6 Å². The van der Waals surface area contributed by atoms with Gasteiger partial charge in [-0.05, 0) is 42.8 Å². The van der Waals surface area contributed by atoms with Gasteiger partial charge in [0.05, 0.1) is 0 Å². The standard InChI is InChI=1S/C17H16F2N2O2/c1-10-17(22)21(8-11-4-13(18)7-14(19)5-11)9-12-6-15(20)2-3-16(12)23-10/h2-7,10H,8-9,20H2,1H3. The number of ether oxygens (including phenoxy) is 1. The molecule has 0 spiro atoms. The van der Waals surface area contributed by atoms with Crippen LogP contribution in [0, 0.1) is 11.6 Å². The number of amides is 1. The molecule has 2 aromatic carbocycles. The number of hydrogen-bond acceptors (Lipinski definition) is 3. The number of hydrogen-bond donors (Lipinski definition) is 1. The zero-order chi connectivity index (χ0) is 16.6. The van der Waals surface area contributed by atoms with Crippen LogP contribution in [0.2, 0.25) is 0 Å². The molecular formula is C17H16F2N2O2.